The molecular formula is C14H17F2N5O2S. The van der Waals surface area contributed by atoms with Gasteiger partial charge >= 0.3 is 0 Å². The number of benzene rings is 1. The average molecular weight is 357 g/mol. The van der Waals surface area contributed by atoms with E-state index in [1.54, 1.807) is 4.68 Å². The highest BCUT2D eigenvalue weighted by atomic mass is 32.2. The van der Waals surface area contributed by atoms with Crippen LogP contribution in [0.3, 0.4) is 0 Å². The molecule has 0 unspecified atom stereocenters. The molecule has 7 nitrogen and oxygen atoms in total. The van der Waals surface area contributed by atoms with E-state index < -0.39 is 26.6 Å². The summed E-state index contributed by atoms with van der Waals surface area (Å²) in [6, 6.07) is 2.46. The van der Waals surface area contributed by atoms with Crippen molar-refractivity contribution in [3.8, 4) is 0 Å². The van der Waals surface area contributed by atoms with Crippen molar-refractivity contribution in [1.82, 2.24) is 24.9 Å². The summed E-state index contributed by atoms with van der Waals surface area (Å²) in [5.74, 6) is -1.62. The Labute approximate surface area is 138 Å². The zero-order chi connectivity index (χ0) is 17.2. The minimum absolute atomic E-state index is 0.149. The van der Waals surface area contributed by atoms with E-state index in [0.717, 1.165) is 37.8 Å². The van der Waals surface area contributed by atoms with Crippen LogP contribution in [0.2, 0.25) is 0 Å². The van der Waals surface area contributed by atoms with Gasteiger partial charge in [-0.25, -0.2) is 26.6 Å². The third kappa shape index (κ3) is 3.59. The monoisotopic (exact) mass is 357 g/mol. The van der Waals surface area contributed by atoms with Gasteiger partial charge in [0.05, 0.1) is 12.6 Å². The standard InChI is InChI=1S/C14H17F2N5O2S/c15-10-6-7-13(12(16)8-10)24(22,23)17-9-14-18-19-20-21(14)11-4-2-1-3-5-11/h6-8,11,17H,1-5,9H2. The number of sulfonamides is 1. The molecule has 24 heavy (non-hydrogen) atoms. The number of tetrazole rings is 1. The molecule has 0 amide bonds. The molecule has 1 aliphatic rings. The van der Waals surface area contributed by atoms with Crippen molar-refractivity contribution in [2.75, 3.05) is 0 Å². The molecule has 1 aliphatic carbocycles. The van der Waals surface area contributed by atoms with E-state index in [1.165, 1.54) is 6.42 Å². The number of hydrogen-bond donors (Lipinski definition) is 1. The maximum atomic E-state index is 13.7. The lowest BCUT2D eigenvalue weighted by atomic mass is 9.96. The molecule has 0 bridgehead atoms. The molecule has 0 radical (unpaired) electrons. The number of nitrogens with one attached hydrogen (secondary N) is 1. The maximum Gasteiger partial charge on any atom is 0.243 e. The number of aromatic nitrogens is 4. The minimum Gasteiger partial charge on any atom is -0.225 e. The van der Waals surface area contributed by atoms with Crippen LogP contribution in [-0.2, 0) is 16.6 Å². The molecule has 130 valence electrons. The molecule has 10 heteroatoms. The summed E-state index contributed by atoms with van der Waals surface area (Å²) in [7, 11) is -4.13. The van der Waals surface area contributed by atoms with Crippen LogP contribution in [0.1, 0.15) is 44.0 Å². The molecule has 1 aromatic heterocycles. The third-order valence-corrected chi connectivity index (χ3v) is 5.52. The van der Waals surface area contributed by atoms with E-state index in [2.05, 4.69) is 20.2 Å². The van der Waals surface area contributed by atoms with Crippen LogP contribution in [0.25, 0.3) is 0 Å². The van der Waals surface area contributed by atoms with Crippen LogP contribution >= 0.6 is 0 Å². The Bertz CT molecular complexity index is 818. The highest BCUT2D eigenvalue weighted by Gasteiger charge is 2.23. The Morgan fingerprint density at radius 3 is 2.67 bits per heavy atom. The zero-order valence-corrected chi connectivity index (χ0v) is 13.6. The molecule has 1 fully saturated rings. The molecule has 0 spiro atoms. The summed E-state index contributed by atoms with van der Waals surface area (Å²) in [5.41, 5.74) is 0. The molecule has 1 heterocycles. The van der Waals surface area contributed by atoms with E-state index in [0.29, 0.717) is 11.9 Å². The van der Waals surface area contributed by atoms with E-state index >= 15 is 0 Å². The topological polar surface area (TPSA) is 89.8 Å². The first kappa shape index (κ1) is 16.9. The van der Waals surface area contributed by atoms with Crippen LogP contribution in [0.15, 0.2) is 23.1 Å². The van der Waals surface area contributed by atoms with Crippen LogP contribution in [-0.4, -0.2) is 28.6 Å². The van der Waals surface area contributed by atoms with Gasteiger partial charge in [0.2, 0.25) is 10.0 Å². The summed E-state index contributed by atoms with van der Waals surface area (Å²) < 4.78 is 54.9. The fourth-order valence-corrected chi connectivity index (χ4v) is 3.91. The highest BCUT2D eigenvalue weighted by Crippen LogP contribution is 2.27. The lowest BCUT2D eigenvalue weighted by molar-refractivity contribution is 0.316. The van der Waals surface area contributed by atoms with Gasteiger partial charge in [0.1, 0.15) is 16.5 Å². The zero-order valence-electron chi connectivity index (χ0n) is 12.8. The van der Waals surface area contributed by atoms with Crippen molar-refractivity contribution in [3.63, 3.8) is 0 Å². The molecule has 2 aromatic rings. The van der Waals surface area contributed by atoms with Gasteiger partial charge in [-0.05, 0) is 35.4 Å². The Kier molecular flexibility index (Phi) is 4.86. The first-order valence-electron chi connectivity index (χ1n) is 7.69. The first-order chi connectivity index (χ1) is 11.5. The van der Waals surface area contributed by atoms with Crippen molar-refractivity contribution in [2.24, 2.45) is 0 Å². The summed E-state index contributed by atoms with van der Waals surface area (Å²) in [5, 5.41) is 11.4. The summed E-state index contributed by atoms with van der Waals surface area (Å²) in [6.07, 6.45) is 5.21. The molecule has 1 N–H and O–H groups in total. The lowest BCUT2D eigenvalue weighted by Gasteiger charge is -2.22. The Morgan fingerprint density at radius 2 is 1.96 bits per heavy atom. The van der Waals surface area contributed by atoms with Gasteiger partial charge in [-0.15, -0.1) is 5.10 Å². The van der Waals surface area contributed by atoms with Gasteiger partial charge in [-0.2, -0.15) is 0 Å². The van der Waals surface area contributed by atoms with Gasteiger partial charge in [0.15, 0.2) is 5.82 Å². The van der Waals surface area contributed by atoms with Crippen molar-refractivity contribution in [1.29, 1.82) is 0 Å². The number of halogens is 2. The summed E-state index contributed by atoms with van der Waals surface area (Å²) in [6.45, 7) is -0.164. The van der Waals surface area contributed by atoms with E-state index in [4.69, 9.17) is 0 Å². The van der Waals surface area contributed by atoms with Crippen molar-refractivity contribution >= 4 is 10.0 Å². The first-order valence-corrected chi connectivity index (χ1v) is 9.17. The average Bonchev–Trinajstić information content (AvgIpc) is 3.02. The molecule has 3 rings (SSSR count). The fourth-order valence-electron chi connectivity index (χ4n) is 2.87. The van der Waals surface area contributed by atoms with Crippen molar-refractivity contribution < 1.29 is 17.2 Å². The number of hydrogen-bond acceptors (Lipinski definition) is 5. The van der Waals surface area contributed by atoms with Gasteiger partial charge < -0.3 is 0 Å². The minimum atomic E-state index is -4.13. The van der Waals surface area contributed by atoms with Gasteiger partial charge in [0.25, 0.3) is 0 Å². The molecule has 0 atom stereocenters. The predicted molar refractivity (Wildman–Crippen MR) is 80.3 cm³/mol. The smallest absolute Gasteiger partial charge is 0.225 e. The second-order valence-electron chi connectivity index (χ2n) is 5.73. The van der Waals surface area contributed by atoms with Crippen molar-refractivity contribution in [2.45, 2.75) is 49.6 Å². The van der Waals surface area contributed by atoms with Gasteiger partial charge in [0, 0.05) is 6.07 Å². The largest absolute Gasteiger partial charge is 0.243 e. The summed E-state index contributed by atoms with van der Waals surface area (Å²) in [4.78, 5) is -0.611. The molecule has 0 aliphatic heterocycles. The number of rotatable bonds is 5. The third-order valence-electron chi connectivity index (χ3n) is 4.09. The number of nitrogens with zero attached hydrogens (tertiary/aromatic N) is 4. The second-order valence-corrected chi connectivity index (χ2v) is 7.47. The van der Waals surface area contributed by atoms with Crippen LogP contribution in [0.5, 0.6) is 0 Å². The van der Waals surface area contributed by atoms with Crippen molar-refractivity contribution in [3.05, 3.63) is 35.7 Å². The summed E-state index contributed by atoms with van der Waals surface area (Å²) >= 11 is 0. The predicted octanol–water partition coefficient (Wildman–Crippen LogP) is 1.93. The van der Waals surface area contributed by atoms with E-state index in [-0.39, 0.29) is 12.6 Å². The van der Waals surface area contributed by atoms with Crippen LogP contribution in [0, 0.1) is 11.6 Å². The van der Waals surface area contributed by atoms with Gasteiger partial charge in [-0.3, -0.25) is 0 Å². The molecular weight excluding hydrogens is 340 g/mol. The Balaban J connectivity index is 1.74. The SMILES string of the molecule is O=S(=O)(NCc1nnnn1C1CCCCC1)c1ccc(F)cc1F. The quantitative estimate of drug-likeness (QED) is 0.883. The molecule has 1 saturated carbocycles. The lowest BCUT2D eigenvalue weighted by Crippen LogP contribution is -2.27. The fraction of sp³-hybridized carbons (Fsp3) is 0.500. The maximum absolute atomic E-state index is 13.7. The van der Waals surface area contributed by atoms with Gasteiger partial charge in [-0.1, -0.05) is 19.3 Å². The molecule has 1 aromatic carbocycles. The highest BCUT2D eigenvalue weighted by molar-refractivity contribution is 7.89. The Hall–Kier alpha value is -1.94. The van der Waals surface area contributed by atoms with E-state index in [9.17, 15) is 17.2 Å². The second kappa shape index (κ2) is 6.89. The van der Waals surface area contributed by atoms with Crippen LogP contribution in [0.4, 0.5) is 8.78 Å². The van der Waals surface area contributed by atoms with Crippen LogP contribution < -0.4 is 4.72 Å². The normalized spacial score (nSPS) is 16.4. The molecule has 0 saturated heterocycles. The van der Waals surface area contributed by atoms with E-state index in [1.807, 2.05) is 0 Å². The Morgan fingerprint density at radius 1 is 1.21 bits per heavy atom.